The van der Waals surface area contributed by atoms with Gasteiger partial charge in [0.25, 0.3) is 0 Å². The number of H-pyrrole nitrogens is 1. The van der Waals surface area contributed by atoms with Crippen LogP contribution in [0.5, 0.6) is 0 Å². The van der Waals surface area contributed by atoms with Crippen LogP contribution in [0.1, 0.15) is 33.5 Å². The van der Waals surface area contributed by atoms with E-state index in [0.717, 1.165) is 5.82 Å². The van der Waals surface area contributed by atoms with Crippen molar-refractivity contribution in [3.05, 3.63) is 18.2 Å². The van der Waals surface area contributed by atoms with E-state index in [1.54, 1.807) is 19.3 Å². The summed E-state index contributed by atoms with van der Waals surface area (Å²) in [5.74, 6) is 0.497. The van der Waals surface area contributed by atoms with E-state index in [-0.39, 0.29) is 11.8 Å². The largest absolute Gasteiger partial charge is 0.354 e. The lowest BCUT2D eigenvalue weighted by atomic mass is 9.95. The highest BCUT2D eigenvalue weighted by atomic mass is 16.2. The third-order valence-electron chi connectivity index (χ3n) is 2.64. The molecule has 0 aromatic carbocycles. The Morgan fingerprint density at radius 3 is 2.63 bits per heavy atom. The molecule has 19 heavy (non-hydrogen) atoms. The van der Waals surface area contributed by atoms with Crippen LogP contribution in [0, 0.1) is 5.41 Å². The Labute approximate surface area is 113 Å². The van der Waals surface area contributed by atoms with Gasteiger partial charge in [-0.15, -0.1) is 0 Å². The van der Waals surface area contributed by atoms with Crippen molar-refractivity contribution < 1.29 is 9.59 Å². The average molecular weight is 266 g/mol. The van der Waals surface area contributed by atoms with E-state index in [4.69, 9.17) is 0 Å². The summed E-state index contributed by atoms with van der Waals surface area (Å²) in [4.78, 5) is 30.5. The number of amides is 2. The fraction of sp³-hybridized carbons (Fsp3) is 0.615. The molecule has 0 bridgehead atoms. The number of carbonyl (C=O) groups is 2. The summed E-state index contributed by atoms with van der Waals surface area (Å²) in [6, 6.07) is -0.539. The molecule has 0 aliphatic carbocycles. The summed E-state index contributed by atoms with van der Waals surface area (Å²) >= 11 is 0. The van der Waals surface area contributed by atoms with E-state index >= 15 is 0 Å². The van der Waals surface area contributed by atoms with Gasteiger partial charge in [0.1, 0.15) is 11.9 Å². The van der Waals surface area contributed by atoms with Crippen molar-refractivity contribution in [2.45, 2.75) is 40.2 Å². The maximum atomic E-state index is 11.8. The molecule has 2 amide bonds. The minimum atomic E-state index is -0.539. The Morgan fingerprint density at radius 2 is 2.11 bits per heavy atom. The molecule has 6 nitrogen and oxygen atoms in total. The lowest BCUT2D eigenvalue weighted by Gasteiger charge is -2.21. The molecule has 0 aliphatic heterocycles. The molecule has 0 saturated heterocycles. The van der Waals surface area contributed by atoms with Crippen molar-refractivity contribution in [3.8, 4) is 0 Å². The van der Waals surface area contributed by atoms with Crippen LogP contribution in [0.25, 0.3) is 0 Å². The summed E-state index contributed by atoms with van der Waals surface area (Å²) in [7, 11) is 0. The zero-order chi connectivity index (χ0) is 14.5. The van der Waals surface area contributed by atoms with Crippen molar-refractivity contribution in [2.75, 3.05) is 6.54 Å². The van der Waals surface area contributed by atoms with Gasteiger partial charge in [0, 0.05) is 30.8 Å². The summed E-state index contributed by atoms with van der Waals surface area (Å²) in [6.45, 7) is 7.59. The molecule has 106 valence electrons. The predicted molar refractivity (Wildman–Crippen MR) is 72.4 cm³/mol. The molecule has 1 aromatic rings. The normalized spacial score (nSPS) is 12.8. The summed E-state index contributed by atoms with van der Waals surface area (Å²) < 4.78 is 0. The molecule has 1 aromatic heterocycles. The zero-order valence-corrected chi connectivity index (χ0v) is 11.9. The number of imidazole rings is 1. The second kappa shape index (κ2) is 6.36. The van der Waals surface area contributed by atoms with Gasteiger partial charge in [-0.2, -0.15) is 0 Å². The topological polar surface area (TPSA) is 86.9 Å². The Hall–Kier alpha value is -1.85. The van der Waals surface area contributed by atoms with Crippen LogP contribution >= 0.6 is 0 Å². The van der Waals surface area contributed by atoms with Gasteiger partial charge in [0.2, 0.25) is 11.8 Å². The highest BCUT2D eigenvalue weighted by molar-refractivity contribution is 5.89. The SMILES string of the molecule is CC(NC(=O)C(C)(C)C)C(=O)NCCc1ncc[nH]1. The molecule has 0 radical (unpaired) electrons. The smallest absolute Gasteiger partial charge is 0.242 e. The van der Waals surface area contributed by atoms with Crippen LogP contribution in [0.2, 0.25) is 0 Å². The first-order chi connectivity index (χ1) is 8.80. The molecule has 1 unspecified atom stereocenters. The number of hydrogen-bond acceptors (Lipinski definition) is 3. The number of nitrogens with one attached hydrogen (secondary N) is 3. The maximum Gasteiger partial charge on any atom is 0.242 e. The van der Waals surface area contributed by atoms with Crippen LogP contribution < -0.4 is 10.6 Å². The summed E-state index contributed by atoms with van der Waals surface area (Å²) in [5.41, 5.74) is -0.497. The number of hydrogen-bond donors (Lipinski definition) is 3. The van der Waals surface area contributed by atoms with Crippen molar-refractivity contribution >= 4 is 11.8 Å². The first kappa shape index (κ1) is 15.2. The molecule has 0 fully saturated rings. The van der Waals surface area contributed by atoms with Gasteiger partial charge in [-0.05, 0) is 6.92 Å². The minimum Gasteiger partial charge on any atom is -0.354 e. The Morgan fingerprint density at radius 1 is 1.42 bits per heavy atom. The number of aromatic amines is 1. The minimum absolute atomic E-state index is 0.138. The van der Waals surface area contributed by atoms with Crippen molar-refractivity contribution in [1.82, 2.24) is 20.6 Å². The van der Waals surface area contributed by atoms with Crippen LogP contribution in [-0.2, 0) is 16.0 Å². The molecule has 1 heterocycles. The van der Waals surface area contributed by atoms with E-state index in [1.165, 1.54) is 0 Å². The molecular weight excluding hydrogens is 244 g/mol. The van der Waals surface area contributed by atoms with Gasteiger partial charge in [-0.1, -0.05) is 20.8 Å². The van der Waals surface area contributed by atoms with E-state index < -0.39 is 11.5 Å². The molecular formula is C13H22N4O2. The monoisotopic (exact) mass is 266 g/mol. The third-order valence-corrected chi connectivity index (χ3v) is 2.64. The molecule has 1 rings (SSSR count). The van der Waals surface area contributed by atoms with E-state index in [1.807, 2.05) is 20.8 Å². The number of carbonyl (C=O) groups excluding carboxylic acids is 2. The first-order valence-corrected chi connectivity index (χ1v) is 6.37. The van der Waals surface area contributed by atoms with Crippen molar-refractivity contribution in [2.24, 2.45) is 5.41 Å². The molecule has 0 spiro atoms. The molecule has 3 N–H and O–H groups in total. The fourth-order valence-corrected chi connectivity index (χ4v) is 1.37. The first-order valence-electron chi connectivity index (χ1n) is 6.37. The maximum absolute atomic E-state index is 11.8. The number of nitrogens with zero attached hydrogens (tertiary/aromatic N) is 1. The van der Waals surface area contributed by atoms with Gasteiger partial charge in [0.05, 0.1) is 0 Å². The van der Waals surface area contributed by atoms with Gasteiger partial charge in [0.15, 0.2) is 0 Å². The highest BCUT2D eigenvalue weighted by Gasteiger charge is 2.24. The second-order valence-corrected chi connectivity index (χ2v) is 5.52. The van der Waals surface area contributed by atoms with Gasteiger partial charge in [-0.3, -0.25) is 9.59 Å². The van der Waals surface area contributed by atoms with Crippen LogP contribution in [0.3, 0.4) is 0 Å². The molecule has 0 aliphatic rings. The van der Waals surface area contributed by atoms with Crippen LogP contribution in [-0.4, -0.2) is 34.4 Å². The Bertz CT molecular complexity index is 420. The predicted octanol–water partition coefficient (Wildman–Crippen LogP) is 0.619. The molecule has 0 saturated carbocycles. The molecule has 1 atom stereocenters. The molecule has 6 heteroatoms. The Kier molecular flexibility index (Phi) is 5.09. The van der Waals surface area contributed by atoms with E-state index in [0.29, 0.717) is 13.0 Å². The third kappa shape index (κ3) is 5.11. The average Bonchev–Trinajstić information content (AvgIpc) is 2.80. The second-order valence-electron chi connectivity index (χ2n) is 5.52. The Balaban J connectivity index is 2.31. The summed E-state index contributed by atoms with van der Waals surface area (Å²) in [5, 5.41) is 5.45. The summed E-state index contributed by atoms with van der Waals surface area (Å²) in [6.07, 6.45) is 4.05. The fourth-order valence-electron chi connectivity index (χ4n) is 1.37. The van der Waals surface area contributed by atoms with Gasteiger partial charge >= 0.3 is 0 Å². The van der Waals surface area contributed by atoms with Crippen molar-refractivity contribution in [1.29, 1.82) is 0 Å². The van der Waals surface area contributed by atoms with E-state index in [9.17, 15) is 9.59 Å². The van der Waals surface area contributed by atoms with Gasteiger partial charge in [-0.25, -0.2) is 4.98 Å². The van der Waals surface area contributed by atoms with Crippen LogP contribution in [0.4, 0.5) is 0 Å². The zero-order valence-electron chi connectivity index (χ0n) is 11.9. The van der Waals surface area contributed by atoms with Crippen molar-refractivity contribution in [3.63, 3.8) is 0 Å². The number of aromatic nitrogens is 2. The lowest BCUT2D eigenvalue weighted by molar-refractivity contribution is -0.133. The standard InChI is InChI=1S/C13H22N4O2/c1-9(17-12(19)13(2,3)4)11(18)16-6-5-10-14-7-8-15-10/h7-9H,5-6H2,1-4H3,(H,14,15)(H,16,18)(H,17,19). The quantitative estimate of drug-likeness (QED) is 0.730. The number of rotatable bonds is 5. The highest BCUT2D eigenvalue weighted by Crippen LogP contribution is 2.12. The lowest BCUT2D eigenvalue weighted by Crippen LogP contribution is -2.48. The van der Waals surface area contributed by atoms with E-state index in [2.05, 4.69) is 20.6 Å². The van der Waals surface area contributed by atoms with Gasteiger partial charge < -0.3 is 15.6 Å². The van der Waals surface area contributed by atoms with Crippen LogP contribution in [0.15, 0.2) is 12.4 Å².